The molecule has 0 aliphatic carbocycles. The van der Waals surface area contributed by atoms with Crippen LogP contribution in [0.4, 0.5) is 15.1 Å². The SMILES string of the molecule is Cc1nsc(NC(=O)c2ccc(Cl)cc2)c1C(=O)Nc1ccc(F)cc1. The summed E-state index contributed by atoms with van der Waals surface area (Å²) >= 11 is 6.83. The summed E-state index contributed by atoms with van der Waals surface area (Å²) in [5, 5.41) is 6.22. The van der Waals surface area contributed by atoms with Crippen molar-refractivity contribution in [1.82, 2.24) is 4.37 Å². The zero-order chi connectivity index (χ0) is 18.7. The van der Waals surface area contributed by atoms with Crippen LogP contribution in [0, 0.1) is 12.7 Å². The fourth-order valence-electron chi connectivity index (χ4n) is 2.23. The number of rotatable bonds is 4. The van der Waals surface area contributed by atoms with Gasteiger partial charge in [-0.2, -0.15) is 4.37 Å². The Hall–Kier alpha value is -2.77. The number of carbonyl (C=O) groups is 2. The summed E-state index contributed by atoms with van der Waals surface area (Å²) in [4.78, 5) is 24.9. The van der Waals surface area contributed by atoms with Crippen LogP contribution in [0.1, 0.15) is 26.4 Å². The van der Waals surface area contributed by atoms with Crippen molar-refractivity contribution < 1.29 is 14.0 Å². The maximum absolute atomic E-state index is 13.0. The van der Waals surface area contributed by atoms with E-state index in [2.05, 4.69) is 15.0 Å². The highest BCUT2D eigenvalue weighted by atomic mass is 35.5. The first-order chi connectivity index (χ1) is 12.4. The van der Waals surface area contributed by atoms with E-state index < -0.39 is 11.7 Å². The molecule has 0 aliphatic rings. The van der Waals surface area contributed by atoms with E-state index in [1.807, 2.05) is 0 Å². The van der Waals surface area contributed by atoms with Gasteiger partial charge in [-0.25, -0.2) is 4.39 Å². The molecular formula is C18H13ClFN3O2S. The number of benzene rings is 2. The highest BCUT2D eigenvalue weighted by Gasteiger charge is 2.20. The Balaban J connectivity index is 1.79. The molecule has 2 amide bonds. The van der Waals surface area contributed by atoms with Crippen molar-refractivity contribution in [3.63, 3.8) is 0 Å². The van der Waals surface area contributed by atoms with Crippen molar-refractivity contribution in [2.45, 2.75) is 6.92 Å². The van der Waals surface area contributed by atoms with Gasteiger partial charge in [-0.3, -0.25) is 9.59 Å². The lowest BCUT2D eigenvalue weighted by molar-refractivity contribution is 0.102. The Morgan fingerprint density at radius 3 is 2.31 bits per heavy atom. The highest BCUT2D eigenvalue weighted by Crippen LogP contribution is 2.26. The minimum absolute atomic E-state index is 0.265. The van der Waals surface area contributed by atoms with Gasteiger partial charge in [0.1, 0.15) is 10.8 Å². The Bertz CT molecular complexity index is 956. The van der Waals surface area contributed by atoms with Crippen molar-refractivity contribution in [3.05, 3.63) is 76.2 Å². The number of aromatic nitrogens is 1. The van der Waals surface area contributed by atoms with Gasteiger partial charge < -0.3 is 10.6 Å². The van der Waals surface area contributed by atoms with Crippen LogP contribution in [-0.2, 0) is 0 Å². The number of aryl methyl sites for hydroxylation is 1. The highest BCUT2D eigenvalue weighted by molar-refractivity contribution is 7.11. The number of nitrogens with one attached hydrogen (secondary N) is 2. The van der Waals surface area contributed by atoms with Crippen LogP contribution in [0.2, 0.25) is 5.02 Å². The lowest BCUT2D eigenvalue weighted by atomic mass is 10.2. The molecular weight excluding hydrogens is 377 g/mol. The van der Waals surface area contributed by atoms with Crippen LogP contribution in [0.3, 0.4) is 0 Å². The van der Waals surface area contributed by atoms with Gasteiger partial charge in [0.25, 0.3) is 11.8 Å². The molecule has 3 aromatic rings. The standard InChI is InChI=1S/C18H13ClFN3O2S/c1-10-15(17(25)21-14-8-6-13(20)7-9-14)18(26-23-10)22-16(24)11-2-4-12(19)5-3-11/h2-9H,1H3,(H,21,25)(H,22,24). The van der Waals surface area contributed by atoms with Crippen LogP contribution in [0.25, 0.3) is 0 Å². The van der Waals surface area contributed by atoms with E-state index >= 15 is 0 Å². The number of hydrogen-bond donors (Lipinski definition) is 2. The number of carbonyl (C=O) groups excluding carboxylic acids is 2. The summed E-state index contributed by atoms with van der Waals surface area (Å²) in [7, 11) is 0. The van der Waals surface area contributed by atoms with E-state index in [4.69, 9.17) is 11.6 Å². The molecule has 0 aliphatic heterocycles. The first kappa shape index (κ1) is 18.0. The van der Waals surface area contributed by atoms with Crippen molar-refractivity contribution in [1.29, 1.82) is 0 Å². The molecule has 0 unspecified atom stereocenters. The molecule has 2 N–H and O–H groups in total. The average Bonchev–Trinajstić information content (AvgIpc) is 2.98. The molecule has 0 bridgehead atoms. The summed E-state index contributed by atoms with van der Waals surface area (Å²) in [5.41, 5.74) is 1.60. The number of nitrogens with zero attached hydrogens (tertiary/aromatic N) is 1. The zero-order valence-electron chi connectivity index (χ0n) is 13.5. The molecule has 0 atom stereocenters. The van der Waals surface area contributed by atoms with Gasteiger partial charge in [-0.15, -0.1) is 0 Å². The lowest BCUT2D eigenvalue weighted by Gasteiger charge is -2.08. The largest absolute Gasteiger partial charge is 0.322 e. The molecule has 132 valence electrons. The first-order valence-corrected chi connectivity index (χ1v) is 8.69. The van der Waals surface area contributed by atoms with E-state index in [9.17, 15) is 14.0 Å². The molecule has 5 nitrogen and oxygen atoms in total. The Labute approximate surface area is 158 Å². The van der Waals surface area contributed by atoms with Crippen LogP contribution in [-0.4, -0.2) is 16.2 Å². The molecule has 8 heteroatoms. The Kier molecular flexibility index (Phi) is 5.29. The quantitative estimate of drug-likeness (QED) is 0.676. The maximum atomic E-state index is 13.0. The lowest BCUT2D eigenvalue weighted by Crippen LogP contribution is -2.17. The van der Waals surface area contributed by atoms with Crippen molar-refractivity contribution in [2.75, 3.05) is 10.6 Å². The Morgan fingerprint density at radius 2 is 1.65 bits per heavy atom. The number of anilines is 2. The predicted octanol–water partition coefficient (Wildman–Crippen LogP) is 4.75. The topological polar surface area (TPSA) is 71.1 Å². The van der Waals surface area contributed by atoms with E-state index in [1.54, 1.807) is 31.2 Å². The molecule has 0 saturated carbocycles. The maximum Gasteiger partial charge on any atom is 0.260 e. The minimum Gasteiger partial charge on any atom is -0.322 e. The van der Waals surface area contributed by atoms with Gasteiger partial charge in [0.2, 0.25) is 0 Å². The number of amides is 2. The normalized spacial score (nSPS) is 10.4. The van der Waals surface area contributed by atoms with E-state index in [0.717, 1.165) is 11.5 Å². The third kappa shape index (κ3) is 4.07. The van der Waals surface area contributed by atoms with Gasteiger partial charge in [0, 0.05) is 16.3 Å². The minimum atomic E-state index is -0.436. The van der Waals surface area contributed by atoms with Crippen molar-refractivity contribution >= 4 is 45.6 Å². The van der Waals surface area contributed by atoms with Crippen LogP contribution >= 0.6 is 23.1 Å². The summed E-state index contributed by atoms with van der Waals surface area (Å²) in [6.45, 7) is 1.67. The van der Waals surface area contributed by atoms with Crippen molar-refractivity contribution in [2.24, 2.45) is 0 Å². The van der Waals surface area contributed by atoms with E-state index in [0.29, 0.717) is 27.0 Å². The van der Waals surface area contributed by atoms with Gasteiger partial charge in [0.15, 0.2) is 0 Å². The summed E-state index contributed by atoms with van der Waals surface area (Å²) in [6.07, 6.45) is 0. The van der Waals surface area contributed by atoms with E-state index in [-0.39, 0.29) is 11.5 Å². The van der Waals surface area contributed by atoms with Crippen LogP contribution in [0.5, 0.6) is 0 Å². The fraction of sp³-hybridized carbons (Fsp3) is 0.0556. The van der Waals surface area contributed by atoms with Gasteiger partial charge >= 0.3 is 0 Å². The smallest absolute Gasteiger partial charge is 0.260 e. The first-order valence-electron chi connectivity index (χ1n) is 7.54. The second kappa shape index (κ2) is 7.63. The molecule has 2 aromatic carbocycles. The van der Waals surface area contributed by atoms with E-state index in [1.165, 1.54) is 24.3 Å². The molecule has 0 fully saturated rings. The summed E-state index contributed by atoms with van der Waals surface area (Å²) < 4.78 is 17.1. The van der Waals surface area contributed by atoms with Crippen molar-refractivity contribution in [3.8, 4) is 0 Å². The number of halogens is 2. The summed E-state index contributed by atoms with van der Waals surface area (Å²) in [5.74, 6) is -1.21. The third-order valence-electron chi connectivity index (χ3n) is 3.53. The summed E-state index contributed by atoms with van der Waals surface area (Å²) in [6, 6.07) is 11.8. The molecule has 0 saturated heterocycles. The molecule has 3 rings (SSSR count). The van der Waals surface area contributed by atoms with Gasteiger partial charge in [-0.1, -0.05) is 11.6 Å². The monoisotopic (exact) mass is 389 g/mol. The molecule has 26 heavy (non-hydrogen) atoms. The van der Waals surface area contributed by atoms with Gasteiger partial charge in [0.05, 0.1) is 11.3 Å². The second-order valence-electron chi connectivity index (χ2n) is 5.39. The number of hydrogen-bond acceptors (Lipinski definition) is 4. The molecule has 0 spiro atoms. The second-order valence-corrected chi connectivity index (χ2v) is 6.60. The van der Waals surface area contributed by atoms with Crippen LogP contribution < -0.4 is 10.6 Å². The molecule has 1 heterocycles. The Morgan fingerprint density at radius 1 is 1.00 bits per heavy atom. The molecule has 1 aromatic heterocycles. The van der Waals surface area contributed by atoms with Gasteiger partial charge in [-0.05, 0) is 67.0 Å². The average molecular weight is 390 g/mol. The fourth-order valence-corrected chi connectivity index (χ4v) is 3.14. The molecule has 0 radical (unpaired) electrons. The zero-order valence-corrected chi connectivity index (χ0v) is 15.1. The van der Waals surface area contributed by atoms with Crippen LogP contribution in [0.15, 0.2) is 48.5 Å². The third-order valence-corrected chi connectivity index (χ3v) is 4.63. The predicted molar refractivity (Wildman–Crippen MR) is 101 cm³/mol.